The predicted molar refractivity (Wildman–Crippen MR) is 281 cm³/mol. The number of rotatable bonds is 23. The largest absolute Gasteiger partial charge is 0.398 e. The summed E-state index contributed by atoms with van der Waals surface area (Å²) in [5.41, 5.74) is 33.2. The highest BCUT2D eigenvalue weighted by molar-refractivity contribution is 7.13. The lowest BCUT2D eigenvalue weighted by Crippen LogP contribution is -2.23. The van der Waals surface area contributed by atoms with Gasteiger partial charge in [-0.2, -0.15) is 20.5 Å². The molecule has 0 spiro atoms. The monoisotopic (exact) mass is 944 g/mol. The van der Waals surface area contributed by atoms with Crippen LogP contribution in [-0.4, -0.2) is 78.3 Å². The fourth-order valence-electron chi connectivity index (χ4n) is 6.84. The molecule has 0 aliphatic carbocycles. The van der Waals surface area contributed by atoms with Crippen LogP contribution in [0.15, 0.2) is 177 Å². The van der Waals surface area contributed by atoms with Crippen LogP contribution in [0.1, 0.15) is 31.8 Å². The Morgan fingerprint density at radius 3 is 1.38 bits per heavy atom. The molecule has 0 radical (unpaired) electrons. The number of ether oxygens (including phenoxy) is 2. The number of carbonyl (C=O) groups excluding carboxylic acids is 2. The molecule has 0 aliphatic rings. The molecule has 8 N–H and O–H groups in total. The molecule has 0 saturated carbocycles. The van der Waals surface area contributed by atoms with Crippen LogP contribution < -0.4 is 32.7 Å². The van der Waals surface area contributed by atoms with E-state index < -0.39 is 0 Å². The summed E-state index contributed by atoms with van der Waals surface area (Å²) in [6.07, 6.45) is 0.513. The number of likely N-dealkylation sites (N-methyl/N-ethyl adjacent to an activating group) is 2. The molecule has 15 heteroatoms. The molecule has 0 fully saturated rings. The average Bonchev–Trinajstić information content (AvgIpc) is 3.93. The summed E-state index contributed by atoms with van der Waals surface area (Å²) < 4.78 is 10.9. The number of anilines is 4. The maximum absolute atomic E-state index is 12.9. The summed E-state index contributed by atoms with van der Waals surface area (Å²) in [6, 6.07) is 47.2. The van der Waals surface area contributed by atoms with Gasteiger partial charge in [0.15, 0.2) is 11.6 Å². The molecule has 7 aromatic rings. The molecule has 69 heavy (non-hydrogen) atoms. The van der Waals surface area contributed by atoms with Crippen LogP contribution in [-0.2, 0) is 22.3 Å². The lowest BCUT2D eigenvalue weighted by molar-refractivity contribution is 0.0985. The topological polar surface area (TPSA) is 213 Å². The van der Waals surface area contributed by atoms with Gasteiger partial charge in [0, 0.05) is 91.9 Å². The molecule has 0 bridgehead atoms. The Labute approximate surface area is 408 Å². The van der Waals surface area contributed by atoms with Gasteiger partial charge in [-0.15, -0.1) is 11.3 Å². The molecular formula is C54H60N10O4S. The smallest absolute Gasteiger partial charge is 0.167 e. The number of carbonyl (C=O) groups is 2. The third-order valence-corrected chi connectivity index (χ3v) is 11.8. The number of nitrogens with two attached hydrogens (primary N) is 4. The van der Waals surface area contributed by atoms with Crippen LogP contribution in [0.5, 0.6) is 0 Å². The van der Waals surface area contributed by atoms with E-state index in [0.29, 0.717) is 73.4 Å². The Bertz CT molecular complexity index is 2730. The molecule has 7 rings (SSSR count). The van der Waals surface area contributed by atoms with Crippen molar-refractivity contribution in [1.29, 1.82) is 0 Å². The number of nitrogen functional groups attached to an aromatic ring is 2. The maximum atomic E-state index is 12.9. The van der Waals surface area contributed by atoms with Crippen molar-refractivity contribution in [1.82, 2.24) is 0 Å². The standard InChI is InChI=1S/C29H31N5O2S.C25H29N5O2/c1-34(15-17-36-16-14-30)26-11-9-25(10-12-26)33-32-24-7-4-21(5-8-24)28(35)20-23-19-22(6-13-27(23)31)29-3-2-18-37-29;1-30(15-17-32-16-14-26)23-12-10-22(11-13-23)29-28-21-8-6-19(7-9-21)25(31)18-20-4-2-3-5-24(20)27/h2-13,18-19H,14-17,20,30-31H2,1H3;2-13H,14-18,26-27H2,1H3. The minimum absolute atomic E-state index is 0.00616. The summed E-state index contributed by atoms with van der Waals surface area (Å²) in [4.78, 5) is 30.8. The Hall–Kier alpha value is -7.40. The number of para-hydroxylation sites is 1. The van der Waals surface area contributed by atoms with Crippen LogP contribution in [0.25, 0.3) is 10.4 Å². The minimum Gasteiger partial charge on any atom is -0.398 e. The van der Waals surface area contributed by atoms with Crippen molar-refractivity contribution in [3.63, 3.8) is 0 Å². The Kier molecular flexibility index (Phi) is 19.8. The van der Waals surface area contributed by atoms with Crippen molar-refractivity contribution in [2.45, 2.75) is 12.8 Å². The van der Waals surface area contributed by atoms with E-state index in [4.69, 9.17) is 32.4 Å². The Balaban J connectivity index is 0.000000229. The van der Waals surface area contributed by atoms with E-state index in [1.165, 1.54) is 0 Å². The first-order valence-electron chi connectivity index (χ1n) is 22.6. The molecule has 1 aromatic heterocycles. The van der Waals surface area contributed by atoms with Crippen molar-refractivity contribution in [3.05, 3.63) is 179 Å². The Morgan fingerprint density at radius 2 is 0.942 bits per heavy atom. The highest BCUT2D eigenvalue weighted by Crippen LogP contribution is 2.29. The zero-order valence-electron chi connectivity index (χ0n) is 39.1. The first kappa shape index (κ1) is 51.0. The van der Waals surface area contributed by atoms with E-state index in [0.717, 1.165) is 57.4 Å². The van der Waals surface area contributed by atoms with Crippen molar-refractivity contribution < 1.29 is 19.1 Å². The van der Waals surface area contributed by atoms with Gasteiger partial charge in [0.1, 0.15) is 0 Å². The molecule has 0 atom stereocenters. The summed E-state index contributed by atoms with van der Waals surface area (Å²) in [5, 5.41) is 19.2. The van der Waals surface area contributed by atoms with E-state index >= 15 is 0 Å². The molecule has 6 aromatic carbocycles. The van der Waals surface area contributed by atoms with Crippen molar-refractivity contribution in [2.75, 3.05) is 88.0 Å². The van der Waals surface area contributed by atoms with Gasteiger partial charge in [-0.3, -0.25) is 9.59 Å². The number of benzene rings is 6. The van der Waals surface area contributed by atoms with Crippen LogP contribution >= 0.6 is 11.3 Å². The van der Waals surface area contributed by atoms with Gasteiger partial charge in [0.2, 0.25) is 0 Å². The van der Waals surface area contributed by atoms with Gasteiger partial charge in [-0.1, -0.05) is 30.3 Å². The molecule has 356 valence electrons. The summed E-state index contributed by atoms with van der Waals surface area (Å²) in [6.45, 7) is 5.02. The maximum Gasteiger partial charge on any atom is 0.167 e. The quantitative estimate of drug-likeness (QED) is 0.0206. The predicted octanol–water partition coefficient (Wildman–Crippen LogP) is 10.8. The van der Waals surface area contributed by atoms with Crippen LogP contribution in [0.2, 0.25) is 0 Å². The van der Waals surface area contributed by atoms with Crippen LogP contribution in [0.4, 0.5) is 45.5 Å². The number of hydrogen-bond donors (Lipinski definition) is 4. The second kappa shape index (κ2) is 26.8. The third-order valence-electron chi connectivity index (χ3n) is 10.9. The number of ketones is 2. The van der Waals surface area contributed by atoms with Crippen molar-refractivity contribution in [3.8, 4) is 10.4 Å². The van der Waals surface area contributed by atoms with E-state index in [-0.39, 0.29) is 24.4 Å². The van der Waals surface area contributed by atoms with Gasteiger partial charge in [0.05, 0.1) is 49.2 Å². The second-order valence-corrected chi connectivity index (χ2v) is 16.9. The SMILES string of the molecule is CN(CCOCCN)c1ccc(N=Nc2ccc(C(=O)Cc3cc(-c4cccs4)ccc3N)cc2)cc1.CN(CCOCCN)c1ccc(N=Nc2ccc(C(=O)Cc3ccccc3N)cc2)cc1. The highest BCUT2D eigenvalue weighted by Gasteiger charge is 2.13. The summed E-state index contributed by atoms with van der Waals surface area (Å²) in [7, 11) is 4.03. The van der Waals surface area contributed by atoms with Crippen LogP contribution in [0.3, 0.4) is 0 Å². The van der Waals surface area contributed by atoms with Crippen molar-refractivity contribution in [2.24, 2.45) is 31.9 Å². The number of thiophene rings is 1. The fourth-order valence-corrected chi connectivity index (χ4v) is 7.56. The average molecular weight is 945 g/mol. The normalized spacial score (nSPS) is 11.1. The van der Waals surface area contributed by atoms with E-state index in [1.807, 2.05) is 110 Å². The zero-order valence-corrected chi connectivity index (χ0v) is 39.9. The number of hydrogen-bond acceptors (Lipinski definition) is 15. The third kappa shape index (κ3) is 16.1. The van der Waals surface area contributed by atoms with Gasteiger partial charge in [-0.05, 0) is 143 Å². The van der Waals surface area contributed by atoms with Gasteiger partial charge < -0.3 is 42.2 Å². The van der Waals surface area contributed by atoms with Gasteiger partial charge in [-0.25, -0.2) is 0 Å². The van der Waals surface area contributed by atoms with E-state index in [1.54, 1.807) is 65.9 Å². The molecular weight excluding hydrogens is 885 g/mol. The Morgan fingerprint density at radius 1 is 0.507 bits per heavy atom. The lowest BCUT2D eigenvalue weighted by Gasteiger charge is -2.19. The second-order valence-electron chi connectivity index (χ2n) is 16.0. The molecule has 0 amide bonds. The molecule has 14 nitrogen and oxygen atoms in total. The fraction of sp³-hybridized carbons (Fsp3) is 0.222. The van der Waals surface area contributed by atoms with Gasteiger partial charge >= 0.3 is 0 Å². The van der Waals surface area contributed by atoms with E-state index in [2.05, 4.69) is 36.3 Å². The highest BCUT2D eigenvalue weighted by atomic mass is 32.1. The summed E-state index contributed by atoms with van der Waals surface area (Å²) >= 11 is 1.66. The first-order chi connectivity index (χ1) is 33.6. The number of Topliss-reactive ketones (excluding diaryl/α,β-unsaturated/α-hetero) is 2. The molecule has 0 saturated heterocycles. The molecule has 1 heterocycles. The summed E-state index contributed by atoms with van der Waals surface area (Å²) in [5.74, 6) is 0.0196. The first-order valence-corrected chi connectivity index (χ1v) is 23.5. The molecule has 0 aliphatic heterocycles. The zero-order chi connectivity index (χ0) is 48.8. The van der Waals surface area contributed by atoms with Gasteiger partial charge in [0.25, 0.3) is 0 Å². The lowest BCUT2D eigenvalue weighted by atomic mass is 9.99. The van der Waals surface area contributed by atoms with E-state index in [9.17, 15) is 9.59 Å². The number of nitrogens with zero attached hydrogens (tertiary/aromatic N) is 6. The minimum atomic E-state index is 0.00616. The molecule has 0 unspecified atom stereocenters. The van der Waals surface area contributed by atoms with Crippen molar-refractivity contribution >= 4 is 68.4 Å². The number of azo groups is 2. The van der Waals surface area contributed by atoms with Crippen LogP contribution in [0, 0.1) is 0 Å².